The number of carbonyl (C=O) groups is 1. The van der Waals surface area contributed by atoms with E-state index in [-0.39, 0.29) is 11.7 Å². The van der Waals surface area contributed by atoms with E-state index in [4.69, 9.17) is 4.74 Å². The quantitative estimate of drug-likeness (QED) is 0.671. The summed E-state index contributed by atoms with van der Waals surface area (Å²) in [5.41, 5.74) is 0.288. The molecule has 1 rings (SSSR count). The topological polar surface area (TPSA) is 26.3 Å². The average Bonchev–Trinajstić information content (AvgIpc) is 2.01. The summed E-state index contributed by atoms with van der Waals surface area (Å²) in [5.74, 6) is -0.0719. The highest BCUT2D eigenvalue weighted by molar-refractivity contribution is 5.75. The van der Waals surface area contributed by atoms with Crippen molar-refractivity contribution in [2.45, 2.75) is 20.0 Å². The minimum Gasteiger partial charge on any atom is -0.491 e. The van der Waals surface area contributed by atoms with E-state index in [0.29, 0.717) is 12.0 Å². The van der Waals surface area contributed by atoms with Gasteiger partial charge in [0, 0.05) is 11.6 Å². The number of carbonyl (C=O) groups excluding carboxylic acids is 1. The van der Waals surface area contributed by atoms with Crippen LogP contribution in [0.1, 0.15) is 24.2 Å². The fraction of sp³-hybridized carbons (Fsp3) is 0.300. The van der Waals surface area contributed by atoms with Gasteiger partial charge >= 0.3 is 0 Å². The molecule has 70 valence electrons. The van der Waals surface area contributed by atoms with Gasteiger partial charge in [-0.1, -0.05) is 0 Å². The summed E-state index contributed by atoms with van der Waals surface area (Å²) in [7, 11) is 0. The number of halogens is 1. The standard InChI is InChI=1S/C10H11FO2/c1-7(2)13-10-4-8(6-12)3-9(11)5-10/h3-7H,1-2H3. The van der Waals surface area contributed by atoms with Crippen LogP contribution in [0.15, 0.2) is 18.2 Å². The Morgan fingerprint density at radius 2 is 2.08 bits per heavy atom. The zero-order chi connectivity index (χ0) is 9.84. The fourth-order valence-corrected chi connectivity index (χ4v) is 0.993. The first-order valence-electron chi connectivity index (χ1n) is 4.04. The van der Waals surface area contributed by atoms with E-state index in [2.05, 4.69) is 0 Å². The third kappa shape index (κ3) is 2.86. The van der Waals surface area contributed by atoms with Crippen LogP contribution in [-0.4, -0.2) is 12.4 Å². The second kappa shape index (κ2) is 4.03. The molecule has 0 spiro atoms. The van der Waals surface area contributed by atoms with E-state index < -0.39 is 5.82 Å². The van der Waals surface area contributed by atoms with Crippen LogP contribution < -0.4 is 4.74 Å². The lowest BCUT2D eigenvalue weighted by Crippen LogP contribution is -2.06. The molecule has 0 fully saturated rings. The van der Waals surface area contributed by atoms with Gasteiger partial charge in [0.15, 0.2) is 0 Å². The highest BCUT2D eigenvalue weighted by Crippen LogP contribution is 2.16. The number of hydrogen-bond donors (Lipinski definition) is 0. The summed E-state index contributed by atoms with van der Waals surface area (Å²) in [4.78, 5) is 10.4. The van der Waals surface area contributed by atoms with Gasteiger partial charge in [0.05, 0.1) is 6.10 Å². The third-order valence-corrected chi connectivity index (χ3v) is 1.40. The van der Waals surface area contributed by atoms with Crippen molar-refractivity contribution < 1.29 is 13.9 Å². The Balaban J connectivity index is 2.94. The molecule has 0 radical (unpaired) electrons. The first-order chi connectivity index (χ1) is 6.11. The Kier molecular flexibility index (Phi) is 3.01. The molecule has 0 saturated heterocycles. The maximum absolute atomic E-state index is 12.8. The van der Waals surface area contributed by atoms with E-state index in [1.807, 2.05) is 13.8 Å². The van der Waals surface area contributed by atoms with E-state index >= 15 is 0 Å². The molecule has 0 heterocycles. The lowest BCUT2D eigenvalue weighted by atomic mass is 10.2. The minimum absolute atomic E-state index is 0.0266. The van der Waals surface area contributed by atoms with Crippen molar-refractivity contribution in [1.82, 2.24) is 0 Å². The highest BCUT2D eigenvalue weighted by Gasteiger charge is 2.02. The van der Waals surface area contributed by atoms with Gasteiger partial charge < -0.3 is 4.74 Å². The van der Waals surface area contributed by atoms with E-state index in [1.54, 1.807) is 0 Å². The van der Waals surface area contributed by atoms with Crippen LogP contribution in [0.25, 0.3) is 0 Å². The minimum atomic E-state index is -0.458. The van der Waals surface area contributed by atoms with Crippen molar-refractivity contribution in [3.8, 4) is 5.75 Å². The van der Waals surface area contributed by atoms with Crippen molar-refractivity contribution in [1.29, 1.82) is 0 Å². The summed E-state index contributed by atoms with van der Waals surface area (Å²) in [6, 6.07) is 3.93. The average molecular weight is 182 g/mol. The first kappa shape index (κ1) is 9.71. The number of rotatable bonds is 3. The van der Waals surface area contributed by atoms with Crippen LogP contribution in [0, 0.1) is 5.82 Å². The monoisotopic (exact) mass is 182 g/mol. The molecule has 1 aromatic carbocycles. The smallest absolute Gasteiger partial charge is 0.150 e. The second-order valence-corrected chi connectivity index (χ2v) is 3.00. The van der Waals surface area contributed by atoms with Crippen LogP contribution in [0.4, 0.5) is 4.39 Å². The number of aldehydes is 1. The molecule has 0 aliphatic carbocycles. The van der Waals surface area contributed by atoms with Crippen molar-refractivity contribution >= 4 is 6.29 Å². The summed E-state index contributed by atoms with van der Waals surface area (Å²) in [6.45, 7) is 3.68. The first-order valence-corrected chi connectivity index (χ1v) is 4.04. The fourth-order valence-electron chi connectivity index (χ4n) is 0.993. The Bertz CT molecular complexity index is 308. The maximum Gasteiger partial charge on any atom is 0.150 e. The summed E-state index contributed by atoms with van der Waals surface area (Å²) >= 11 is 0. The van der Waals surface area contributed by atoms with Gasteiger partial charge in [0.1, 0.15) is 17.9 Å². The Labute approximate surface area is 76.3 Å². The molecule has 0 unspecified atom stereocenters. The van der Waals surface area contributed by atoms with Crippen molar-refractivity contribution in [3.63, 3.8) is 0 Å². The zero-order valence-corrected chi connectivity index (χ0v) is 7.58. The van der Waals surface area contributed by atoms with Gasteiger partial charge in [-0.15, -0.1) is 0 Å². The molecule has 0 bridgehead atoms. The summed E-state index contributed by atoms with van der Waals surface area (Å²) in [6.07, 6.45) is 0.567. The largest absolute Gasteiger partial charge is 0.491 e. The molecule has 0 saturated carbocycles. The molecule has 3 heteroatoms. The maximum atomic E-state index is 12.8. The Hall–Kier alpha value is -1.38. The van der Waals surface area contributed by atoms with Gasteiger partial charge in [-0.25, -0.2) is 4.39 Å². The molecule has 0 atom stereocenters. The molecule has 0 aliphatic rings. The molecule has 0 amide bonds. The SMILES string of the molecule is CC(C)Oc1cc(F)cc(C=O)c1. The van der Waals surface area contributed by atoms with Crippen LogP contribution in [0.2, 0.25) is 0 Å². The molecule has 1 aromatic rings. The third-order valence-electron chi connectivity index (χ3n) is 1.40. The van der Waals surface area contributed by atoms with Crippen molar-refractivity contribution in [3.05, 3.63) is 29.6 Å². The number of ether oxygens (including phenoxy) is 1. The molecule has 0 aliphatic heterocycles. The van der Waals surface area contributed by atoms with Crippen LogP contribution >= 0.6 is 0 Å². The molecule has 13 heavy (non-hydrogen) atoms. The summed E-state index contributed by atoms with van der Waals surface area (Å²) in [5, 5.41) is 0. The van der Waals surface area contributed by atoms with Crippen LogP contribution in [0.3, 0.4) is 0 Å². The van der Waals surface area contributed by atoms with Crippen molar-refractivity contribution in [2.75, 3.05) is 0 Å². The highest BCUT2D eigenvalue weighted by atomic mass is 19.1. The van der Waals surface area contributed by atoms with Gasteiger partial charge in [-0.3, -0.25) is 4.79 Å². The van der Waals surface area contributed by atoms with Crippen LogP contribution in [-0.2, 0) is 0 Å². The Morgan fingerprint density at radius 3 is 2.62 bits per heavy atom. The predicted octanol–water partition coefficient (Wildman–Crippen LogP) is 2.43. The predicted molar refractivity (Wildman–Crippen MR) is 47.6 cm³/mol. The molecule has 2 nitrogen and oxygen atoms in total. The lowest BCUT2D eigenvalue weighted by Gasteiger charge is -2.09. The van der Waals surface area contributed by atoms with E-state index in [9.17, 15) is 9.18 Å². The molecule has 0 aromatic heterocycles. The van der Waals surface area contributed by atoms with Gasteiger partial charge in [-0.2, -0.15) is 0 Å². The second-order valence-electron chi connectivity index (χ2n) is 3.00. The van der Waals surface area contributed by atoms with Gasteiger partial charge in [0.2, 0.25) is 0 Å². The number of hydrogen-bond acceptors (Lipinski definition) is 2. The molecular weight excluding hydrogens is 171 g/mol. The van der Waals surface area contributed by atoms with Crippen LogP contribution in [0.5, 0.6) is 5.75 Å². The summed E-state index contributed by atoms with van der Waals surface area (Å²) < 4.78 is 18.1. The van der Waals surface area contributed by atoms with Gasteiger partial charge in [0.25, 0.3) is 0 Å². The zero-order valence-electron chi connectivity index (χ0n) is 7.58. The van der Waals surface area contributed by atoms with E-state index in [1.165, 1.54) is 18.2 Å². The lowest BCUT2D eigenvalue weighted by molar-refractivity contribution is 0.112. The van der Waals surface area contributed by atoms with Gasteiger partial charge in [-0.05, 0) is 26.0 Å². The Morgan fingerprint density at radius 1 is 1.38 bits per heavy atom. The normalized spacial score (nSPS) is 10.2. The number of benzene rings is 1. The molecular formula is C10H11FO2. The van der Waals surface area contributed by atoms with E-state index in [0.717, 1.165) is 0 Å². The van der Waals surface area contributed by atoms with Crippen molar-refractivity contribution in [2.24, 2.45) is 0 Å². The molecule has 0 N–H and O–H groups in total.